The zero-order chi connectivity index (χ0) is 16.9. The molecule has 0 bridgehead atoms. The summed E-state index contributed by atoms with van der Waals surface area (Å²) in [6.07, 6.45) is 1.22. The molecule has 0 unspecified atom stereocenters. The molecule has 2 N–H and O–H groups in total. The molecule has 122 valence electrons. The number of nitriles is 2. The smallest absolute Gasteiger partial charge is 0.203 e. The van der Waals surface area contributed by atoms with Crippen LogP contribution in [0.4, 0.5) is 11.4 Å². The Morgan fingerprint density at radius 1 is 1.17 bits per heavy atom. The molecular weight excluding hydrogens is 304 g/mol. The van der Waals surface area contributed by atoms with Crippen molar-refractivity contribution in [3.8, 4) is 12.1 Å². The van der Waals surface area contributed by atoms with Gasteiger partial charge in [-0.05, 0) is 43.2 Å². The van der Waals surface area contributed by atoms with Crippen molar-refractivity contribution in [2.24, 2.45) is 0 Å². The van der Waals surface area contributed by atoms with E-state index in [0.29, 0.717) is 17.9 Å². The molecule has 1 aliphatic heterocycles. The first kappa shape index (κ1) is 15.9. The van der Waals surface area contributed by atoms with Crippen LogP contribution in [-0.2, 0) is 6.54 Å². The Morgan fingerprint density at radius 3 is 2.62 bits per heavy atom. The van der Waals surface area contributed by atoms with E-state index < -0.39 is 0 Å². The van der Waals surface area contributed by atoms with Gasteiger partial charge in [-0.3, -0.25) is 0 Å². The van der Waals surface area contributed by atoms with E-state index in [1.807, 2.05) is 24.3 Å². The van der Waals surface area contributed by atoms with Gasteiger partial charge in [0, 0.05) is 18.8 Å². The summed E-state index contributed by atoms with van der Waals surface area (Å²) in [7, 11) is 0. The predicted molar refractivity (Wildman–Crippen MR) is 89.4 cm³/mol. The summed E-state index contributed by atoms with van der Waals surface area (Å²) in [5.41, 5.74) is 2.33. The van der Waals surface area contributed by atoms with Gasteiger partial charge in [-0.2, -0.15) is 10.5 Å². The van der Waals surface area contributed by atoms with Crippen molar-refractivity contribution in [1.82, 2.24) is 0 Å². The van der Waals surface area contributed by atoms with Gasteiger partial charge in [0.1, 0.15) is 17.9 Å². The number of nitrogens with zero attached hydrogens (tertiary/aromatic N) is 3. The van der Waals surface area contributed by atoms with Gasteiger partial charge < -0.3 is 19.7 Å². The van der Waals surface area contributed by atoms with Crippen LogP contribution in [0.1, 0.15) is 29.9 Å². The van der Waals surface area contributed by atoms with Gasteiger partial charge in [-0.15, -0.1) is 0 Å². The van der Waals surface area contributed by atoms with Crippen molar-refractivity contribution in [1.29, 1.82) is 10.5 Å². The first-order valence-corrected chi connectivity index (χ1v) is 7.89. The zero-order valence-electron chi connectivity index (χ0n) is 13.2. The van der Waals surface area contributed by atoms with Crippen LogP contribution in [0.3, 0.4) is 0 Å². The quantitative estimate of drug-likeness (QED) is 0.898. The fraction of sp³-hybridized carbons (Fsp3) is 0.333. The Labute approximate surface area is 140 Å². The average Bonchev–Trinajstić information content (AvgIpc) is 3.08. The second-order valence-electron chi connectivity index (χ2n) is 5.79. The third-order valence-corrected chi connectivity index (χ3v) is 4.16. The Kier molecular flexibility index (Phi) is 4.69. The molecule has 6 heteroatoms. The second kappa shape index (κ2) is 7.08. The largest absolute Gasteiger partial charge is 0.449 e. The number of anilines is 2. The lowest BCUT2D eigenvalue weighted by Gasteiger charge is -2.32. The highest BCUT2D eigenvalue weighted by atomic mass is 16.3. The molecule has 0 saturated carbocycles. The van der Waals surface area contributed by atoms with Crippen molar-refractivity contribution in [2.45, 2.75) is 25.5 Å². The molecule has 1 aromatic carbocycles. The number of rotatable bonds is 4. The number of hydrogen-bond donors (Lipinski definition) is 2. The maximum atomic E-state index is 9.61. The van der Waals surface area contributed by atoms with Crippen LogP contribution in [0.15, 0.2) is 34.7 Å². The van der Waals surface area contributed by atoms with Gasteiger partial charge in [0.2, 0.25) is 5.76 Å². The summed E-state index contributed by atoms with van der Waals surface area (Å²) >= 11 is 0. The number of aliphatic hydroxyl groups excluding tert-OH is 1. The number of aliphatic hydroxyl groups is 1. The molecular formula is C18H18N4O2. The molecule has 6 nitrogen and oxygen atoms in total. The molecule has 0 spiro atoms. The van der Waals surface area contributed by atoms with Gasteiger partial charge >= 0.3 is 0 Å². The third-order valence-electron chi connectivity index (χ3n) is 4.16. The highest BCUT2D eigenvalue weighted by Crippen LogP contribution is 2.27. The topological polar surface area (TPSA) is 96.2 Å². The van der Waals surface area contributed by atoms with Crippen LogP contribution in [-0.4, -0.2) is 24.3 Å². The zero-order valence-corrected chi connectivity index (χ0v) is 13.2. The van der Waals surface area contributed by atoms with E-state index >= 15 is 0 Å². The lowest BCUT2D eigenvalue weighted by molar-refractivity contribution is 0.145. The monoisotopic (exact) mass is 322 g/mol. The molecule has 2 heterocycles. The van der Waals surface area contributed by atoms with E-state index in [4.69, 9.17) is 9.68 Å². The van der Waals surface area contributed by atoms with Crippen LogP contribution in [0.2, 0.25) is 0 Å². The van der Waals surface area contributed by atoms with E-state index in [-0.39, 0.29) is 11.9 Å². The molecule has 1 aromatic heterocycles. The van der Waals surface area contributed by atoms with Crippen LogP contribution < -0.4 is 10.2 Å². The van der Waals surface area contributed by atoms with E-state index in [1.165, 1.54) is 0 Å². The maximum absolute atomic E-state index is 9.61. The van der Waals surface area contributed by atoms with E-state index in [2.05, 4.69) is 16.3 Å². The van der Waals surface area contributed by atoms with Gasteiger partial charge in [0.15, 0.2) is 0 Å². The minimum atomic E-state index is -0.237. The SMILES string of the molecule is N#Cc1ccc(CNc2ccc(N3CCC(O)CC3)c(C#N)c2)o1. The summed E-state index contributed by atoms with van der Waals surface area (Å²) in [6.45, 7) is 1.96. The number of benzene rings is 1. The maximum Gasteiger partial charge on any atom is 0.203 e. The van der Waals surface area contributed by atoms with Crippen molar-refractivity contribution in [3.05, 3.63) is 47.4 Å². The summed E-state index contributed by atoms with van der Waals surface area (Å²) in [6, 6.07) is 13.3. The molecule has 3 rings (SSSR count). The minimum Gasteiger partial charge on any atom is -0.449 e. The summed E-state index contributed by atoms with van der Waals surface area (Å²) in [4.78, 5) is 2.14. The van der Waals surface area contributed by atoms with Gasteiger partial charge in [-0.1, -0.05) is 0 Å². The molecule has 0 aliphatic carbocycles. The first-order valence-electron chi connectivity index (χ1n) is 7.89. The molecule has 0 radical (unpaired) electrons. The van der Waals surface area contributed by atoms with Crippen LogP contribution in [0.5, 0.6) is 0 Å². The normalized spacial score (nSPS) is 14.9. The molecule has 0 amide bonds. The summed E-state index contributed by atoms with van der Waals surface area (Å²) < 4.78 is 5.32. The highest BCUT2D eigenvalue weighted by molar-refractivity contribution is 5.65. The standard InChI is InChI=1S/C18H18N4O2/c19-10-13-9-14(21-12-17-3-2-16(11-20)24-17)1-4-18(13)22-7-5-15(23)6-8-22/h1-4,9,15,21,23H,5-8,12H2. The molecule has 2 aromatic rings. The van der Waals surface area contributed by atoms with Crippen LogP contribution in [0.25, 0.3) is 0 Å². The lowest BCUT2D eigenvalue weighted by atomic mass is 10.0. The Balaban J connectivity index is 1.70. The lowest BCUT2D eigenvalue weighted by Crippen LogP contribution is -2.36. The number of furan rings is 1. The van der Waals surface area contributed by atoms with Gasteiger partial charge in [0.05, 0.1) is 23.9 Å². The molecule has 1 aliphatic rings. The van der Waals surface area contributed by atoms with E-state index in [9.17, 15) is 10.4 Å². The van der Waals surface area contributed by atoms with Gasteiger partial charge in [0.25, 0.3) is 0 Å². The Morgan fingerprint density at radius 2 is 1.96 bits per heavy atom. The van der Waals surface area contributed by atoms with Crippen molar-refractivity contribution in [2.75, 3.05) is 23.3 Å². The van der Waals surface area contributed by atoms with Crippen LogP contribution >= 0.6 is 0 Å². The van der Waals surface area contributed by atoms with Crippen molar-refractivity contribution < 1.29 is 9.52 Å². The van der Waals surface area contributed by atoms with Crippen molar-refractivity contribution in [3.63, 3.8) is 0 Å². The van der Waals surface area contributed by atoms with E-state index in [1.54, 1.807) is 12.1 Å². The van der Waals surface area contributed by atoms with E-state index in [0.717, 1.165) is 37.3 Å². The first-order chi connectivity index (χ1) is 11.7. The summed E-state index contributed by atoms with van der Waals surface area (Å²) in [5, 5.41) is 31.0. The molecule has 0 atom stereocenters. The fourth-order valence-electron chi connectivity index (χ4n) is 2.84. The Hall–Kier alpha value is -2.96. The summed E-state index contributed by atoms with van der Waals surface area (Å²) in [5.74, 6) is 0.950. The molecule has 1 fully saturated rings. The second-order valence-corrected chi connectivity index (χ2v) is 5.79. The molecule has 24 heavy (non-hydrogen) atoms. The van der Waals surface area contributed by atoms with Gasteiger partial charge in [-0.25, -0.2) is 0 Å². The van der Waals surface area contributed by atoms with Crippen LogP contribution in [0, 0.1) is 22.7 Å². The van der Waals surface area contributed by atoms with Crippen molar-refractivity contribution >= 4 is 11.4 Å². The number of hydrogen-bond acceptors (Lipinski definition) is 6. The highest BCUT2D eigenvalue weighted by Gasteiger charge is 2.19. The predicted octanol–water partition coefficient (Wildman–Crippen LogP) is 2.60. The Bertz CT molecular complexity index is 792. The minimum absolute atomic E-state index is 0.237. The molecule has 1 saturated heterocycles. The average molecular weight is 322 g/mol. The fourth-order valence-corrected chi connectivity index (χ4v) is 2.84. The number of piperidine rings is 1. The third kappa shape index (κ3) is 3.51. The number of nitrogens with one attached hydrogen (secondary N) is 1.